The van der Waals surface area contributed by atoms with Crippen molar-refractivity contribution in [1.29, 1.82) is 0 Å². The summed E-state index contributed by atoms with van der Waals surface area (Å²) >= 11 is 0. The van der Waals surface area contributed by atoms with Crippen molar-refractivity contribution in [2.75, 3.05) is 0 Å². The van der Waals surface area contributed by atoms with E-state index in [1.807, 2.05) is 0 Å². The van der Waals surface area contributed by atoms with Crippen molar-refractivity contribution in [2.45, 2.75) is 83.4 Å². The minimum absolute atomic E-state index is 0.160. The second kappa shape index (κ2) is 8.36. The first kappa shape index (κ1) is 18.7. The smallest absolute Gasteiger partial charge is 0.407 e. The average Bonchev–Trinajstić information content (AvgIpc) is 2.36. The van der Waals surface area contributed by atoms with Crippen molar-refractivity contribution >= 4 is 12.1 Å². The lowest BCUT2D eigenvalue weighted by Gasteiger charge is -2.31. The van der Waals surface area contributed by atoms with Crippen LogP contribution in [0.15, 0.2) is 0 Å². The third kappa shape index (κ3) is 7.64. The van der Waals surface area contributed by atoms with Crippen LogP contribution in [0.3, 0.4) is 0 Å². The Hall–Kier alpha value is -1.30. The molecule has 0 saturated heterocycles. The standard InChI is InChI=1S/C16H30N2O4/c1-16(2,3)22-15(21)18-13(12(17)10-14(19)20)9-11-7-5-4-6-8-11/h11-13H,4-10,17H2,1-3H3,(H,18,21)(H,19,20)/t12-,13-/m0/s1. The van der Waals surface area contributed by atoms with Gasteiger partial charge in [-0.05, 0) is 33.1 Å². The molecule has 22 heavy (non-hydrogen) atoms. The number of carboxylic acid groups (broad SMARTS) is 1. The Labute approximate surface area is 132 Å². The summed E-state index contributed by atoms with van der Waals surface area (Å²) in [6, 6.07) is -0.971. The average molecular weight is 314 g/mol. The monoisotopic (exact) mass is 314 g/mol. The van der Waals surface area contributed by atoms with E-state index in [1.54, 1.807) is 20.8 Å². The van der Waals surface area contributed by atoms with Gasteiger partial charge in [-0.3, -0.25) is 4.79 Å². The molecule has 0 aromatic rings. The molecule has 0 aliphatic heterocycles. The molecule has 0 aromatic carbocycles. The second-order valence-electron chi connectivity index (χ2n) is 7.25. The molecular formula is C16H30N2O4. The van der Waals surface area contributed by atoms with Crippen LogP contribution < -0.4 is 11.1 Å². The molecule has 0 unspecified atom stereocenters. The number of nitrogens with one attached hydrogen (secondary N) is 1. The summed E-state index contributed by atoms with van der Waals surface area (Å²) in [6.07, 6.45) is 5.89. The third-order valence-corrected chi connectivity index (χ3v) is 3.94. The largest absolute Gasteiger partial charge is 0.481 e. The number of alkyl carbamates (subject to hydrolysis) is 1. The van der Waals surface area contributed by atoms with Crippen LogP contribution in [0.5, 0.6) is 0 Å². The van der Waals surface area contributed by atoms with Crippen LogP contribution in [0.2, 0.25) is 0 Å². The molecule has 2 atom stereocenters. The van der Waals surface area contributed by atoms with Gasteiger partial charge < -0.3 is 20.9 Å². The normalized spacial score (nSPS) is 19.3. The van der Waals surface area contributed by atoms with E-state index in [1.165, 1.54) is 19.3 Å². The number of aliphatic carboxylic acids is 1. The Morgan fingerprint density at radius 1 is 1.27 bits per heavy atom. The van der Waals surface area contributed by atoms with Gasteiger partial charge in [0.25, 0.3) is 0 Å². The Kier molecular flexibility index (Phi) is 7.13. The highest BCUT2D eigenvalue weighted by Crippen LogP contribution is 2.28. The van der Waals surface area contributed by atoms with Gasteiger partial charge in [0, 0.05) is 12.1 Å². The van der Waals surface area contributed by atoms with Crippen LogP contribution in [0.4, 0.5) is 4.79 Å². The summed E-state index contributed by atoms with van der Waals surface area (Å²) in [5.41, 5.74) is 5.41. The minimum atomic E-state index is -0.952. The summed E-state index contributed by atoms with van der Waals surface area (Å²) in [7, 11) is 0. The van der Waals surface area contributed by atoms with Crippen molar-refractivity contribution < 1.29 is 19.4 Å². The fraction of sp³-hybridized carbons (Fsp3) is 0.875. The number of rotatable bonds is 6. The maximum Gasteiger partial charge on any atom is 0.407 e. The summed E-state index contributed by atoms with van der Waals surface area (Å²) in [5, 5.41) is 11.7. The molecule has 0 bridgehead atoms. The number of amides is 1. The highest BCUT2D eigenvalue weighted by Gasteiger charge is 2.28. The summed E-state index contributed by atoms with van der Waals surface area (Å²) in [4.78, 5) is 22.9. The molecule has 0 aromatic heterocycles. The van der Waals surface area contributed by atoms with E-state index in [-0.39, 0.29) is 12.5 Å². The number of hydrogen-bond acceptors (Lipinski definition) is 4. The molecule has 1 saturated carbocycles. The topological polar surface area (TPSA) is 102 Å². The highest BCUT2D eigenvalue weighted by molar-refractivity contribution is 5.69. The first-order valence-electron chi connectivity index (χ1n) is 8.14. The van der Waals surface area contributed by atoms with Crippen LogP contribution in [-0.4, -0.2) is 34.9 Å². The molecule has 0 heterocycles. The molecule has 4 N–H and O–H groups in total. The Balaban J connectivity index is 2.63. The van der Waals surface area contributed by atoms with Crippen LogP contribution in [0, 0.1) is 5.92 Å². The SMILES string of the molecule is CC(C)(C)OC(=O)N[C@@H](CC1CCCCC1)[C@@H](N)CC(=O)O. The van der Waals surface area contributed by atoms with E-state index in [4.69, 9.17) is 15.6 Å². The van der Waals surface area contributed by atoms with Gasteiger partial charge in [-0.2, -0.15) is 0 Å². The first-order chi connectivity index (χ1) is 10.2. The molecule has 6 heteroatoms. The zero-order valence-corrected chi connectivity index (χ0v) is 13.9. The van der Waals surface area contributed by atoms with Gasteiger partial charge in [-0.25, -0.2) is 4.79 Å². The predicted molar refractivity (Wildman–Crippen MR) is 84.6 cm³/mol. The van der Waals surface area contributed by atoms with Crippen molar-refractivity contribution in [1.82, 2.24) is 5.32 Å². The van der Waals surface area contributed by atoms with E-state index in [0.717, 1.165) is 12.8 Å². The summed E-state index contributed by atoms with van der Waals surface area (Å²) in [5.74, 6) is -0.458. The van der Waals surface area contributed by atoms with Crippen molar-refractivity contribution in [3.05, 3.63) is 0 Å². The fourth-order valence-electron chi connectivity index (χ4n) is 2.93. The van der Waals surface area contributed by atoms with Gasteiger partial charge in [0.05, 0.1) is 6.42 Å². The molecule has 1 fully saturated rings. The number of ether oxygens (including phenoxy) is 1. The maximum atomic E-state index is 12.0. The Morgan fingerprint density at radius 3 is 2.36 bits per heavy atom. The molecule has 128 valence electrons. The van der Waals surface area contributed by atoms with Crippen LogP contribution in [0.25, 0.3) is 0 Å². The van der Waals surface area contributed by atoms with E-state index in [0.29, 0.717) is 12.3 Å². The van der Waals surface area contributed by atoms with Crippen LogP contribution in [-0.2, 0) is 9.53 Å². The molecule has 6 nitrogen and oxygen atoms in total. The van der Waals surface area contributed by atoms with E-state index in [2.05, 4.69) is 5.32 Å². The van der Waals surface area contributed by atoms with Gasteiger partial charge in [0.1, 0.15) is 5.60 Å². The second-order valence-corrected chi connectivity index (χ2v) is 7.25. The quantitative estimate of drug-likeness (QED) is 0.699. The van der Waals surface area contributed by atoms with Gasteiger partial charge in [0.2, 0.25) is 0 Å². The fourth-order valence-corrected chi connectivity index (χ4v) is 2.93. The van der Waals surface area contributed by atoms with Crippen LogP contribution in [0.1, 0.15) is 65.7 Å². The van der Waals surface area contributed by atoms with Gasteiger partial charge in [-0.15, -0.1) is 0 Å². The van der Waals surface area contributed by atoms with Gasteiger partial charge in [-0.1, -0.05) is 32.1 Å². The van der Waals surface area contributed by atoms with Crippen molar-refractivity contribution in [3.63, 3.8) is 0 Å². The van der Waals surface area contributed by atoms with Gasteiger partial charge in [0.15, 0.2) is 0 Å². The maximum absolute atomic E-state index is 12.0. The van der Waals surface area contributed by atoms with Crippen LogP contribution >= 0.6 is 0 Å². The molecule has 1 amide bonds. The zero-order chi connectivity index (χ0) is 16.8. The van der Waals surface area contributed by atoms with Gasteiger partial charge >= 0.3 is 12.1 Å². The summed E-state index contributed by atoms with van der Waals surface area (Å²) < 4.78 is 5.26. The molecule has 0 spiro atoms. The number of carbonyl (C=O) groups is 2. The molecule has 1 aliphatic rings. The summed E-state index contributed by atoms with van der Waals surface area (Å²) in [6.45, 7) is 5.37. The third-order valence-electron chi connectivity index (χ3n) is 3.94. The van der Waals surface area contributed by atoms with E-state index < -0.39 is 23.7 Å². The van der Waals surface area contributed by atoms with E-state index in [9.17, 15) is 9.59 Å². The van der Waals surface area contributed by atoms with E-state index >= 15 is 0 Å². The van der Waals surface area contributed by atoms with Crippen molar-refractivity contribution in [3.8, 4) is 0 Å². The molecule has 0 radical (unpaired) electrons. The Morgan fingerprint density at radius 2 is 1.86 bits per heavy atom. The number of hydrogen-bond donors (Lipinski definition) is 3. The minimum Gasteiger partial charge on any atom is -0.481 e. The Bertz CT molecular complexity index is 373. The predicted octanol–water partition coefficient (Wildman–Crippen LogP) is 2.65. The lowest BCUT2D eigenvalue weighted by Crippen LogP contribution is -2.50. The van der Waals surface area contributed by atoms with Crippen molar-refractivity contribution in [2.24, 2.45) is 11.7 Å². The first-order valence-corrected chi connectivity index (χ1v) is 8.14. The highest BCUT2D eigenvalue weighted by atomic mass is 16.6. The molecular weight excluding hydrogens is 284 g/mol. The lowest BCUT2D eigenvalue weighted by molar-refractivity contribution is -0.137. The lowest BCUT2D eigenvalue weighted by atomic mass is 9.83. The number of carboxylic acids is 1. The molecule has 1 aliphatic carbocycles. The molecule has 1 rings (SSSR count). The number of carbonyl (C=O) groups excluding carboxylic acids is 1. The zero-order valence-electron chi connectivity index (χ0n) is 13.9. The number of nitrogens with two attached hydrogens (primary N) is 1.